The van der Waals surface area contributed by atoms with Crippen LogP contribution < -0.4 is 16.4 Å². The summed E-state index contributed by atoms with van der Waals surface area (Å²) in [6, 6.07) is 13.3. The van der Waals surface area contributed by atoms with Crippen LogP contribution in [0.5, 0.6) is 0 Å². The predicted octanol–water partition coefficient (Wildman–Crippen LogP) is 3.47. The largest absolute Gasteiger partial charge is 0.451 e. The van der Waals surface area contributed by atoms with E-state index in [9.17, 15) is 19.6 Å². The van der Waals surface area contributed by atoms with Gasteiger partial charge >= 0.3 is 11.8 Å². The van der Waals surface area contributed by atoms with Crippen molar-refractivity contribution in [1.29, 1.82) is 5.26 Å². The summed E-state index contributed by atoms with van der Waals surface area (Å²) in [6.45, 7) is 5.15. The fourth-order valence-electron chi connectivity index (χ4n) is 3.98. The maximum atomic E-state index is 13.1. The number of nitriles is 1. The highest BCUT2D eigenvalue weighted by Gasteiger charge is 2.27. The van der Waals surface area contributed by atoms with Crippen LogP contribution in [0.1, 0.15) is 32.0 Å². The Labute approximate surface area is 224 Å². The van der Waals surface area contributed by atoms with Gasteiger partial charge in [-0.05, 0) is 49.6 Å². The first-order valence-electron chi connectivity index (χ1n) is 12.3. The molecule has 0 saturated heterocycles. The van der Waals surface area contributed by atoms with Crippen molar-refractivity contribution in [1.82, 2.24) is 20.2 Å². The van der Waals surface area contributed by atoms with Gasteiger partial charge in [0.1, 0.15) is 23.9 Å². The molecule has 39 heavy (non-hydrogen) atoms. The maximum absolute atomic E-state index is 13.1. The summed E-state index contributed by atoms with van der Waals surface area (Å²) < 4.78 is 16.9. The molecule has 1 unspecified atom stereocenters. The monoisotopic (exact) mass is 531 g/mol. The van der Waals surface area contributed by atoms with E-state index in [1.54, 1.807) is 33.9 Å². The molecule has 2 N–H and O–H groups in total. The Morgan fingerprint density at radius 2 is 1.82 bits per heavy atom. The Morgan fingerprint density at radius 3 is 2.46 bits per heavy atom. The highest BCUT2D eigenvalue weighted by Crippen LogP contribution is 2.24. The molecule has 4 aromatic rings. The van der Waals surface area contributed by atoms with Gasteiger partial charge in [0, 0.05) is 19.9 Å². The van der Waals surface area contributed by atoms with Crippen molar-refractivity contribution in [2.75, 3.05) is 0 Å². The maximum Gasteiger partial charge on any atom is 0.419 e. The fourth-order valence-corrected chi connectivity index (χ4v) is 3.98. The van der Waals surface area contributed by atoms with Crippen LogP contribution in [0.15, 0.2) is 68.8 Å². The smallest absolute Gasteiger partial charge is 0.419 e. The Balaban J connectivity index is 1.44. The molecule has 2 aromatic heterocycles. The first kappa shape index (κ1) is 27.2. The summed E-state index contributed by atoms with van der Waals surface area (Å²) >= 11 is 0. The van der Waals surface area contributed by atoms with Gasteiger partial charge in [-0.1, -0.05) is 30.3 Å². The summed E-state index contributed by atoms with van der Waals surface area (Å²) in [6.07, 6.45) is 2.16. The molecule has 0 aliphatic heterocycles. The quantitative estimate of drug-likeness (QED) is 0.351. The van der Waals surface area contributed by atoms with Crippen molar-refractivity contribution in [3.05, 3.63) is 76.9 Å². The van der Waals surface area contributed by atoms with Crippen LogP contribution in [-0.2, 0) is 29.4 Å². The van der Waals surface area contributed by atoms with Crippen LogP contribution in [0, 0.1) is 11.3 Å². The van der Waals surface area contributed by atoms with E-state index in [1.165, 1.54) is 17.2 Å². The van der Waals surface area contributed by atoms with E-state index in [-0.39, 0.29) is 12.8 Å². The van der Waals surface area contributed by atoms with Gasteiger partial charge in [0.15, 0.2) is 12.0 Å². The van der Waals surface area contributed by atoms with Gasteiger partial charge in [0.2, 0.25) is 5.91 Å². The van der Waals surface area contributed by atoms with Crippen molar-refractivity contribution in [3.8, 4) is 17.2 Å². The molecule has 2 amide bonds. The first-order valence-corrected chi connectivity index (χ1v) is 12.3. The van der Waals surface area contributed by atoms with Crippen LogP contribution in [0.2, 0.25) is 0 Å². The lowest BCUT2D eigenvalue weighted by Gasteiger charge is -2.23. The first-order chi connectivity index (χ1) is 18.5. The normalized spacial score (nSPS) is 12.9. The fraction of sp³-hybridized carbons (Fsp3) is 0.321. The second-order valence-corrected chi connectivity index (χ2v) is 10.1. The molecular weight excluding hydrogens is 502 g/mol. The summed E-state index contributed by atoms with van der Waals surface area (Å²) in [7, 11) is 1.65. The second-order valence-electron chi connectivity index (χ2n) is 10.1. The Morgan fingerprint density at radius 1 is 1.10 bits per heavy atom. The van der Waals surface area contributed by atoms with E-state index in [1.807, 2.05) is 36.4 Å². The number of aryl methyl sites for hydroxylation is 1. The minimum Gasteiger partial charge on any atom is -0.451 e. The van der Waals surface area contributed by atoms with E-state index in [0.717, 1.165) is 16.7 Å². The lowest BCUT2D eigenvalue weighted by Crippen LogP contribution is -2.51. The van der Waals surface area contributed by atoms with Crippen LogP contribution in [0.4, 0.5) is 4.79 Å². The van der Waals surface area contributed by atoms with Gasteiger partial charge in [-0.3, -0.25) is 9.36 Å². The molecule has 0 radical (unpaired) electrons. The summed E-state index contributed by atoms with van der Waals surface area (Å²) in [4.78, 5) is 41.2. The van der Waals surface area contributed by atoms with Crippen LogP contribution >= 0.6 is 0 Å². The number of carbonyl (C=O) groups excluding carboxylic acids is 2. The zero-order valence-electron chi connectivity index (χ0n) is 22.1. The molecule has 0 saturated carbocycles. The molecule has 0 aliphatic carbocycles. The average molecular weight is 532 g/mol. The molecule has 202 valence electrons. The number of fused-ring (bicyclic) bond motifs is 1. The predicted molar refractivity (Wildman–Crippen MR) is 142 cm³/mol. The molecule has 0 spiro atoms. The number of carbonyl (C=O) groups is 2. The zero-order chi connectivity index (χ0) is 28.2. The second kappa shape index (κ2) is 11.3. The lowest BCUT2D eigenvalue weighted by atomic mass is 10.0. The van der Waals surface area contributed by atoms with E-state index in [4.69, 9.17) is 13.6 Å². The number of ether oxygens (including phenoxy) is 1. The van der Waals surface area contributed by atoms with Gasteiger partial charge in [-0.15, -0.1) is 0 Å². The molecule has 0 bridgehead atoms. The van der Waals surface area contributed by atoms with Crippen molar-refractivity contribution in [3.63, 3.8) is 0 Å². The molecule has 2 heterocycles. The number of amides is 2. The van der Waals surface area contributed by atoms with E-state index < -0.39 is 35.4 Å². The highest BCUT2D eigenvalue weighted by molar-refractivity contribution is 5.86. The Kier molecular flexibility index (Phi) is 7.85. The number of hydrogen-bond acceptors (Lipinski definition) is 8. The Hall–Kier alpha value is -4.85. The van der Waals surface area contributed by atoms with Gasteiger partial charge in [0.25, 0.3) is 0 Å². The van der Waals surface area contributed by atoms with Crippen LogP contribution in [0.3, 0.4) is 0 Å². The molecule has 0 aliphatic rings. The van der Waals surface area contributed by atoms with Gasteiger partial charge in [-0.2, -0.15) is 5.26 Å². The highest BCUT2D eigenvalue weighted by atomic mass is 16.6. The van der Waals surface area contributed by atoms with Crippen molar-refractivity contribution in [2.45, 2.75) is 51.3 Å². The van der Waals surface area contributed by atoms with Crippen LogP contribution in [-0.4, -0.2) is 39.2 Å². The van der Waals surface area contributed by atoms with Crippen molar-refractivity contribution >= 4 is 23.1 Å². The van der Waals surface area contributed by atoms with Gasteiger partial charge < -0.3 is 24.2 Å². The van der Waals surface area contributed by atoms with Crippen molar-refractivity contribution in [2.24, 2.45) is 7.05 Å². The number of benzene rings is 2. The molecule has 0 fully saturated rings. The molecule has 4 rings (SSSR count). The minimum atomic E-state index is -1.03. The van der Waals surface area contributed by atoms with E-state index in [0.29, 0.717) is 16.8 Å². The molecule has 11 nitrogen and oxygen atoms in total. The topological polar surface area (TPSA) is 152 Å². The number of aromatic nitrogens is 2. The zero-order valence-corrected chi connectivity index (χ0v) is 22.1. The minimum absolute atomic E-state index is 0.0566. The molecule has 11 heteroatoms. The Bertz CT molecular complexity index is 1560. The number of alkyl carbamates (subject to hydrolysis) is 1. The number of oxazole rings is 2. The molecular formula is C28H29N5O6. The lowest BCUT2D eigenvalue weighted by molar-refractivity contribution is -0.123. The molecule has 2 atom stereocenters. The molecule has 2 aromatic carbocycles. The third kappa shape index (κ3) is 6.93. The SMILES string of the molecule is Cn1c(=O)oc2ccc(-c3ccc(C[C@@H](C#N)NC(=O)C(Cc4cocn4)NC(=O)OC(C)(C)C)cc3)cc21. The van der Waals surface area contributed by atoms with Crippen LogP contribution in [0.25, 0.3) is 22.2 Å². The van der Waals surface area contributed by atoms with Gasteiger partial charge in [0.05, 0.1) is 17.3 Å². The van der Waals surface area contributed by atoms with Gasteiger partial charge in [-0.25, -0.2) is 14.6 Å². The number of hydrogen-bond donors (Lipinski definition) is 2. The average Bonchev–Trinajstić information content (AvgIpc) is 3.49. The third-order valence-corrected chi connectivity index (χ3v) is 5.90. The van der Waals surface area contributed by atoms with E-state index >= 15 is 0 Å². The summed E-state index contributed by atoms with van der Waals surface area (Å²) in [5, 5.41) is 15.0. The van der Waals surface area contributed by atoms with Crippen molar-refractivity contribution < 1.29 is 23.2 Å². The summed E-state index contributed by atoms with van der Waals surface area (Å²) in [5.74, 6) is -0.974. The number of rotatable bonds is 8. The number of nitrogens with one attached hydrogen (secondary N) is 2. The number of nitrogens with zero attached hydrogens (tertiary/aromatic N) is 3. The third-order valence-electron chi connectivity index (χ3n) is 5.90. The standard InChI is InChI=1S/C28H29N5O6/c1-28(2,3)39-26(35)32-22(13-21-15-37-16-30-21)25(34)31-20(14-29)11-17-5-7-18(8-6-17)19-9-10-24-23(12-19)33(4)27(36)38-24/h5-10,12,15-16,20,22H,11,13H2,1-4H3,(H,31,34)(H,32,35)/t20-,22?/m0/s1. The summed E-state index contributed by atoms with van der Waals surface area (Å²) in [5.41, 5.74) is 3.56. The van der Waals surface area contributed by atoms with E-state index in [2.05, 4.69) is 21.7 Å².